The number of amides is 3. The highest BCUT2D eigenvalue weighted by Gasteiger charge is 2.28. The van der Waals surface area contributed by atoms with E-state index in [1.165, 1.54) is 6.26 Å². The summed E-state index contributed by atoms with van der Waals surface area (Å²) in [5.74, 6) is 0.229. The van der Waals surface area contributed by atoms with Crippen molar-refractivity contribution in [3.8, 4) is 11.4 Å². The van der Waals surface area contributed by atoms with Crippen molar-refractivity contribution in [2.75, 3.05) is 12.3 Å². The van der Waals surface area contributed by atoms with Crippen molar-refractivity contribution < 1.29 is 27.2 Å². The number of nitrogens with zero attached hydrogens (tertiary/aromatic N) is 3. The minimum atomic E-state index is -4.55. The maximum Gasteiger partial charge on any atom is 0.405 e. The first-order valence-corrected chi connectivity index (χ1v) is 7.87. The van der Waals surface area contributed by atoms with Crippen molar-refractivity contribution in [3.05, 3.63) is 18.1 Å². The number of aryl methyl sites for hydroxylation is 1. The van der Waals surface area contributed by atoms with Gasteiger partial charge in [-0.2, -0.15) is 13.2 Å². The summed E-state index contributed by atoms with van der Waals surface area (Å²) >= 11 is 0.989. The molecule has 0 unspecified atom stereocenters. The molecule has 25 heavy (non-hydrogen) atoms. The summed E-state index contributed by atoms with van der Waals surface area (Å²) < 4.78 is 42.7. The van der Waals surface area contributed by atoms with Crippen LogP contribution in [0.4, 0.5) is 18.0 Å². The Morgan fingerprint density at radius 1 is 1.36 bits per heavy atom. The van der Waals surface area contributed by atoms with Crippen molar-refractivity contribution in [2.45, 2.75) is 18.3 Å². The number of thioether (sulfide) groups is 1. The van der Waals surface area contributed by atoms with Crippen molar-refractivity contribution in [2.24, 2.45) is 7.05 Å². The molecular weight excluding hydrogens is 363 g/mol. The second-order valence-corrected chi connectivity index (χ2v) is 5.83. The van der Waals surface area contributed by atoms with E-state index in [1.807, 2.05) is 0 Å². The van der Waals surface area contributed by atoms with Gasteiger partial charge >= 0.3 is 12.2 Å². The largest absolute Gasteiger partial charge is 0.469 e. The Hall–Kier alpha value is -2.50. The highest BCUT2D eigenvalue weighted by molar-refractivity contribution is 7.99. The van der Waals surface area contributed by atoms with E-state index >= 15 is 0 Å². The van der Waals surface area contributed by atoms with Gasteiger partial charge in [-0.05, 0) is 13.0 Å². The van der Waals surface area contributed by atoms with E-state index in [0.29, 0.717) is 16.7 Å². The number of carbonyl (C=O) groups is 2. The fraction of sp³-hybridized carbons (Fsp3) is 0.385. The molecule has 0 spiro atoms. The number of aromatic nitrogens is 3. The molecule has 0 saturated heterocycles. The van der Waals surface area contributed by atoms with Crippen molar-refractivity contribution in [1.29, 1.82) is 0 Å². The third-order valence-electron chi connectivity index (χ3n) is 2.97. The van der Waals surface area contributed by atoms with Gasteiger partial charge < -0.3 is 14.3 Å². The fourth-order valence-corrected chi connectivity index (χ4v) is 2.52. The number of carbonyl (C=O) groups excluding carboxylic acids is 2. The number of urea groups is 1. The second-order valence-electron chi connectivity index (χ2n) is 4.89. The lowest BCUT2D eigenvalue weighted by molar-refractivity contribution is -0.124. The topological polar surface area (TPSA) is 102 Å². The third kappa shape index (κ3) is 5.24. The van der Waals surface area contributed by atoms with Gasteiger partial charge in [0.1, 0.15) is 12.3 Å². The molecule has 0 aliphatic heterocycles. The highest BCUT2D eigenvalue weighted by Crippen LogP contribution is 2.25. The fourth-order valence-electron chi connectivity index (χ4n) is 1.81. The number of furan rings is 1. The van der Waals surface area contributed by atoms with Crippen LogP contribution in [0, 0.1) is 6.92 Å². The molecule has 0 aliphatic rings. The number of alkyl halides is 3. The summed E-state index contributed by atoms with van der Waals surface area (Å²) in [5, 5.41) is 11.7. The Morgan fingerprint density at radius 2 is 2.08 bits per heavy atom. The number of nitrogens with one attached hydrogen (secondary N) is 2. The molecule has 136 valence electrons. The van der Waals surface area contributed by atoms with Crippen molar-refractivity contribution in [1.82, 2.24) is 25.4 Å². The minimum absolute atomic E-state index is 0.213. The molecule has 2 N–H and O–H groups in total. The van der Waals surface area contributed by atoms with Crippen molar-refractivity contribution >= 4 is 23.7 Å². The molecule has 0 aliphatic carbocycles. The van der Waals surface area contributed by atoms with Crippen LogP contribution < -0.4 is 10.6 Å². The van der Waals surface area contributed by atoms with Crippen LogP contribution in [0.2, 0.25) is 0 Å². The second kappa shape index (κ2) is 7.59. The van der Waals surface area contributed by atoms with E-state index in [0.717, 1.165) is 17.3 Å². The van der Waals surface area contributed by atoms with Crippen LogP contribution in [0.5, 0.6) is 0 Å². The van der Waals surface area contributed by atoms with E-state index < -0.39 is 24.7 Å². The molecule has 8 nitrogen and oxygen atoms in total. The molecule has 0 bridgehead atoms. The van der Waals surface area contributed by atoms with Crippen LogP contribution >= 0.6 is 11.8 Å². The quantitative estimate of drug-likeness (QED) is 0.772. The minimum Gasteiger partial charge on any atom is -0.469 e. The zero-order valence-electron chi connectivity index (χ0n) is 13.2. The first-order valence-electron chi connectivity index (χ1n) is 6.88. The van der Waals surface area contributed by atoms with Gasteiger partial charge in [-0.25, -0.2) is 4.79 Å². The smallest absolute Gasteiger partial charge is 0.405 e. The molecule has 2 rings (SSSR count). The van der Waals surface area contributed by atoms with Crippen LogP contribution in [0.1, 0.15) is 5.76 Å². The average molecular weight is 377 g/mol. The number of halogens is 3. The lowest BCUT2D eigenvalue weighted by Gasteiger charge is -2.08. The van der Waals surface area contributed by atoms with Gasteiger partial charge in [0.25, 0.3) is 0 Å². The Bertz CT molecular complexity index is 771. The first-order chi connectivity index (χ1) is 11.7. The predicted molar refractivity (Wildman–Crippen MR) is 81.8 cm³/mol. The van der Waals surface area contributed by atoms with Gasteiger partial charge in [-0.3, -0.25) is 10.1 Å². The maximum absolute atomic E-state index is 12.0. The summed E-state index contributed by atoms with van der Waals surface area (Å²) in [4.78, 5) is 22.8. The average Bonchev–Trinajstić information content (AvgIpc) is 3.08. The summed E-state index contributed by atoms with van der Waals surface area (Å²) in [6, 6.07) is 0.515. The Kier molecular flexibility index (Phi) is 5.72. The maximum atomic E-state index is 12.0. The van der Waals surface area contributed by atoms with Crippen molar-refractivity contribution in [3.63, 3.8) is 0 Å². The van der Waals surface area contributed by atoms with Gasteiger partial charge in [0, 0.05) is 7.05 Å². The summed E-state index contributed by atoms with van der Waals surface area (Å²) in [6.45, 7) is 0.250. The van der Waals surface area contributed by atoms with E-state index in [2.05, 4.69) is 10.2 Å². The van der Waals surface area contributed by atoms with Gasteiger partial charge in [0.05, 0.1) is 17.6 Å². The zero-order valence-corrected chi connectivity index (χ0v) is 14.0. The van der Waals surface area contributed by atoms with E-state index in [1.54, 1.807) is 35.2 Å². The summed E-state index contributed by atoms with van der Waals surface area (Å²) in [5.41, 5.74) is 0.748. The van der Waals surface area contributed by atoms with Crippen LogP contribution in [-0.2, 0) is 11.8 Å². The van der Waals surface area contributed by atoms with Gasteiger partial charge in [0.2, 0.25) is 5.91 Å². The van der Waals surface area contributed by atoms with Crippen LogP contribution in [0.15, 0.2) is 21.9 Å². The Balaban J connectivity index is 1.87. The van der Waals surface area contributed by atoms with Gasteiger partial charge in [-0.15, -0.1) is 10.2 Å². The molecule has 2 heterocycles. The lowest BCUT2D eigenvalue weighted by atomic mass is 10.2. The van der Waals surface area contributed by atoms with Crippen LogP contribution in [0.25, 0.3) is 11.4 Å². The van der Waals surface area contributed by atoms with E-state index in [-0.39, 0.29) is 5.75 Å². The summed E-state index contributed by atoms with van der Waals surface area (Å²) in [7, 11) is 1.69. The first kappa shape index (κ1) is 18.8. The van der Waals surface area contributed by atoms with Gasteiger partial charge in [0.15, 0.2) is 11.0 Å². The molecule has 2 aromatic rings. The standard InChI is InChI=1S/C13H14F3N5O3S/c1-7-8(3-4-24-7)10-19-20-12(21(10)2)25-5-9(22)18-11(23)17-6-13(14,15)16/h3-4H,5-6H2,1-2H3,(H2,17,18,22,23). The summed E-state index contributed by atoms with van der Waals surface area (Å²) in [6.07, 6.45) is -3.03. The van der Waals surface area contributed by atoms with Gasteiger partial charge in [-0.1, -0.05) is 11.8 Å². The third-order valence-corrected chi connectivity index (χ3v) is 3.99. The monoisotopic (exact) mass is 377 g/mol. The SMILES string of the molecule is Cc1occc1-c1nnc(SCC(=O)NC(=O)NCC(F)(F)F)n1C. The Labute approximate surface area is 144 Å². The molecule has 2 aromatic heterocycles. The van der Waals surface area contributed by atoms with E-state index in [9.17, 15) is 22.8 Å². The molecule has 3 amide bonds. The molecule has 0 radical (unpaired) electrons. The number of hydrogen-bond acceptors (Lipinski definition) is 6. The molecular formula is C13H14F3N5O3S. The molecule has 0 saturated carbocycles. The Morgan fingerprint density at radius 3 is 2.68 bits per heavy atom. The van der Waals surface area contributed by atoms with Crippen LogP contribution in [0.3, 0.4) is 0 Å². The molecule has 0 aromatic carbocycles. The predicted octanol–water partition coefficient (Wildman–Crippen LogP) is 1.86. The molecule has 12 heteroatoms. The van der Waals surface area contributed by atoms with Crippen LogP contribution in [-0.4, -0.2) is 45.2 Å². The van der Waals surface area contributed by atoms with E-state index in [4.69, 9.17) is 4.42 Å². The number of imide groups is 1. The molecule has 0 fully saturated rings. The highest BCUT2D eigenvalue weighted by atomic mass is 32.2. The zero-order chi connectivity index (χ0) is 18.6. The lowest BCUT2D eigenvalue weighted by Crippen LogP contribution is -2.43. The number of rotatable bonds is 5. The molecule has 0 atom stereocenters. The normalized spacial score (nSPS) is 11.4. The number of hydrogen-bond donors (Lipinski definition) is 2.